The summed E-state index contributed by atoms with van der Waals surface area (Å²) in [4.78, 5) is 11.9. The van der Waals surface area contributed by atoms with Crippen LogP contribution < -0.4 is 5.32 Å². The summed E-state index contributed by atoms with van der Waals surface area (Å²) < 4.78 is 4.92. The van der Waals surface area contributed by atoms with Crippen molar-refractivity contribution in [2.24, 2.45) is 0 Å². The molecule has 1 amide bonds. The third kappa shape index (κ3) is 4.35. The number of hydrogen-bond acceptors (Lipinski definition) is 3. The van der Waals surface area contributed by atoms with Crippen molar-refractivity contribution < 1.29 is 4.79 Å². The van der Waals surface area contributed by atoms with Crippen LogP contribution in [-0.2, 0) is 17.9 Å². The molecule has 0 saturated carbocycles. The maximum atomic E-state index is 11.9. The van der Waals surface area contributed by atoms with E-state index in [0.717, 1.165) is 46.6 Å². The lowest BCUT2D eigenvalue weighted by Gasteiger charge is -2.05. The Balaban J connectivity index is 1.78. The quantitative estimate of drug-likeness (QED) is 0.580. The fourth-order valence-electron chi connectivity index (χ4n) is 2.50. The molecule has 6 nitrogen and oxygen atoms in total. The molecule has 0 bridgehead atoms. The summed E-state index contributed by atoms with van der Waals surface area (Å²) in [5, 5.41) is 11.6. The minimum atomic E-state index is -0.0896. The molecule has 2 heterocycles. The van der Waals surface area contributed by atoms with Gasteiger partial charge >= 0.3 is 0 Å². The molecule has 0 saturated heterocycles. The van der Waals surface area contributed by atoms with E-state index in [2.05, 4.69) is 31.4 Å². The Bertz CT molecular complexity index is 744. The summed E-state index contributed by atoms with van der Waals surface area (Å²) in [6, 6.07) is 0. The van der Waals surface area contributed by atoms with Crippen LogP contribution in [0, 0.1) is 20.8 Å². The molecule has 0 spiro atoms. The topological polar surface area (TPSA) is 64.7 Å². The average molecular weight is 394 g/mol. The maximum absolute atomic E-state index is 11.9. The van der Waals surface area contributed by atoms with Crippen LogP contribution in [0.25, 0.3) is 6.08 Å². The van der Waals surface area contributed by atoms with Crippen molar-refractivity contribution >= 4 is 27.9 Å². The van der Waals surface area contributed by atoms with Gasteiger partial charge in [-0.05, 0) is 56.1 Å². The molecule has 2 aromatic rings. The van der Waals surface area contributed by atoms with Crippen molar-refractivity contribution in [1.29, 1.82) is 0 Å². The largest absolute Gasteiger partial charge is 0.352 e. The number of rotatable bonds is 7. The van der Waals surface area contributed by atoms with Crippen LogP contribution >= 0.6 is 15.9 Å². The number of nitrogens with zero attached hydrogens (tertiary/aromatic N) is 4. The normalized spacial score (nSPS) is 11.4. The fourth-order valence-corrected chi connectivity index (χ4v) is 2.78. The first-order valence-corrected chi connectivity index (χ1v) is 8.91. The van der Waals surface area contributed by atoms with E-state index >= 15 is 0 Å². The highest BCUT2D eigenvalue weighted by atomic mass is 79.9. The molecular weight excluding hydrogens is 370 g/mol. The van der Waals surface area contributed by atoms with Gasteiger partial charge in [-0.3, -0.25) is 14.2 Å². The maximum Gasteiger partial charge on any atom is 0.244 e. The van der Waals surface area contributed by atoms with E-state index in [1.54, 1.807) is 12.3 Å². The van der Waals surface area contributed by atoms with Crippen molar-refractivity contribution in [3.63, 3.8) is 0 Å². The number of aryl methyl sites for hydroxylation is 3. The second kappa shape index (κ2) is 8.28. The van der Waals surface area contributed by atoms with Gasteiger partial charge in [0.2, 0.25) is 5.91 Å². The van der Waals surface area contributed by atoms with Crippen molar-refractivity contribution in [2.75, 3.05) is 6.54 Å². The Hall–Kier alpha value is -1.89. The number of carbonyl (C=O) groups is 1. The third-order valence-corrected chi connectivity index (χ3v) is 5.14. The molecule has 0 aromatic carbocycles. The Morgan fingerprint density at radius 3 is 2.62 bits per heavy atom. The lowest BCUT2D eigenvalue weighted by Crippen LogP contribution is -2.23. The predicted molar refractivity (Wildman–Crippen MR) is 98.7 cm³/mol. The van der Waals surface area contributed by atoms with Gasteiger partial charge in [-0.15, -0.1) is 0 Å². The van der Waals surface area contributed by atoms with E-state index in [0.29, 0.717) is 6.54 Å². The molecule has 0 aliphatic heterocycles. The van der Waals surface area contributed by atoms with Crippen molar-refractivity contribution in [1.82, 2.24) is 24.9 Å². The fraction of sp³-hybridized carbons (Fsp3) is 0.471. The van der Waals surface area contributed by atoms with Crippen LogP contribution in [0.15, 0.2) is 16.7 Å². The number of carbonyl (C=O) groups excluding carboxylic acids is 1. The van der Waals surface area contributed by atoms with Crippen molar-refractivity contribution in [2.45, 2.75) is 47.2 Å². The molecule has 24 heavy (non-hydrogen) atoms. The summed E-state index contributed by atoms with van der Waals surface area (Å²) in [6.07, 6.45) is 5.98. The summed E-state index contributed by atoms with van der Waals surface area (Å²) in [6.45, 7) is 10.3. The van der Waals surface area contributed by atoms with Crippen LogP contribution in [0.4, 0.5) is 0 Å². The minimum absolute atomic E-state index is 0.0896. The minimum Gasteiger partial charge on any atom is -0.352 e. The van der Waals surface area contributed by atoms with Crippen LogP contribution in [0.3, 0.4) is 0 Å². The van der Waals surface area contributed by atoms with Gasteiger partial charge in [0.15, 0.2) is 0 Å². The molecule has 130 valence electrons. The standard InChI is InChI=1S/C17H24BrN5O/c1-5-22-13(3)15(11-20-22)7-8-16(24)19-9-6-10-23-14(4)17(18)12(2)21-23/h7-8,11H,5-6,9-10H2,1-4H3,(H,19,24)/b8-7+. The Labute approximate surface area is 151 Å². The van der Waals surface area contributed by atoms with Gasteiger partial charge < -0.3 is 5.32 Å². The molecule has 2 rings (SSSR count). The number of amides is 1. The molecule has 7 heteroatoms. The zero-order chi connectivity index (χ0) is 17.7. The summed E-state index contributed by atoms with van der Waals surface area (Å²) in [5.41, 5.74) is 4.14. The first kappa shape index (κ1) is 18.4. The first-order chi connectivity index (χ1) is 11.4. The van der Waals surface area contributed by atoms with Crippen LogP contribution in [0.1, 0.15) is 36.0 Å². The molecular formula is C17H24BrN5O. The van der Waals surface area contributed by atoms with Gasteiger partial charge in [0.25, 0.3) is 0 Å². The SMILES string of the molecule is CCn1ncc(/C=C/C(=O)NCCCn2nc(C)c(Br)c2C)c1C. The van der Waals surface area contributed by atoms with Crippen LogP contribution in [-0.4, -0.2) is 32.0 Å². The van der Waals surface area contributed by atoms with E-state index in [-0.39, 0.29) is 5.91 Å². The van der Waals surface area contributed by atoms with E-state index < -0.39 is 0 Å². The zero-order valence-electron chi connectivity index (χ0n) is 14.6. The number of halogens is 1. The number of aromatic nitrogens is 4. The summed E-state index contributed by atoms with van der Waals surface area (Å²) in [5.74, 6) is -0.0896. The monoisotopic (exact) mass is 393 g/mol. The van der Waals surface area contributed by atoms with E-state index in [1.165, 1.54) is 0 Å². The molecule has 0 radical (unpaired) electrons. The van der Waals surface area contributed by atoms with Gasteiger partial charge in [0, 0.05) is 42.7 Å². The average Bonchev–Trinajstić information content (AvgIpc) is 3.04. The highest BCUT2D eigenvalue weighted by Crippen LogP contribution is 2.19. The Morgan fingerprint density at radius 1 is 1.29 bits per heavy atom. The number of hydrogen-bond donors (Lipinski definition) is 1. The van der Waals surface area contributed by atoms with Gasteiger partial charge in [0.1, 0.15) is 0 Å². The summed E-state index contributed by atoms with van der Waals surface area (Å²) >= 11 is 3.52. The van der Waals surface area contributed by atoms with E-state index in [9.17, 15) is 4.79 Å². The summed E-state index contributed by atoms with van der Waals surface area (Å²) in [7, 11) is 0. The Morgan fingerprint density at radius 2 is 2.04 bits per heavy atom. The van der Waals surface area contributed by atoms with Crippen molar-refractivity contribution in [3.05, 3.63) is 39.4 Å². The molecule has 0 aliphatic carbocycles. The molecule has 0 aliphatic rings. The van der Waals surface area contributed by atoms with E-state index in [1.807, 2.05) is 43.1 Å². The highest BCUT2D eigenvalue weighted by Gasteiger charge is 2.08. The van der Waals surface area contributed by atoms with Gasteiger partial charge in [0.05, 0.1) is 16.4 Å². The molecule has 0 atom stereocenters. The van der Waals surface area contributed by atoms with Crippen molar-refractivity contribution in [3.8, 4) is 0 Å². The highest BCUT2D eigenvalue weighted by molar-refractivity contribution is 9.10. The second-order valence-electron chi connectivity index (χ2n) is 5.69. The third-order valence-electron chi connectivity index (χ3n) is 3.99. The Kier molecular flexibility index (Phi) is 6.36. The zero-order valence-corrected chi connectivity index (χ0v) is 16.2. The van der Waals surface area contributed by atoms with Gasteiger partial charge in [-0.25, -0.2) is 0 Å². The van der Waals surface area contributed by atoms with Gasteiger partial charge in [-0.1, -0.05) is 0 Å². The molecule has 1 N–H and O–H groups in total. The molecule has 2 aromatic heterocycles. The van der Waals surface area contributed by atoms with Crippen LogP contribution in [0.2, 0.25) is 0 Å². The molecule has 0 fully saturated rings. The van der Waals surface area contributed by atoms with Crippen LogP contribution in [0.5, 0.6) is 0 Å². The first-order valence-electron chi connectivity index (χ1n) is 8.11. The van der Waals surface area contributed by atoms with Gasteiger partial charge in [-0.2, -0.15) is 10.2 Å². The lowest BCUT2D eigenvalue weighted by atomic mass is 10.2. The predicted octanol–water partition coefficient (Wildman–Crippen LogP) is 3.01. The second-order valence-corrected chi connectivity index (χ2v) is 6.48. The van der Waals surface area contributed by atoms with E-state index in [4.69, 9.17) is 0 Å². The smallest absolute Gasteiger partial charge is 0.244 e. The number of nitrogens with one attached hydrogen (secondary N) is 1. The lowest BCUT2D eigenvalue weighted by molar-refractivity contribution is -0.116. The molecule has 0 unspecified atom stereocenters.